The van der Waals surface area contributed by atoms with Crippen LogP contribution in [0.5, 0.6) is 0 Å². The van der Waals surface area contributed by atoms with Gasteiger partial charge in [0.05, 0.1) is 0 Å². The first kappa shape index (κ1) is 9.64. The third-order valence-electron chi connectivity index (χ3n) is 3.15. The van der Waals surface area contributed by atoms with Crippen molar-refractivity contribution in [2.45, 2.75) is 31.7 Å². The highest BCUT2D eigenvalue weighted by Gasteiger charge is 2.34. The molecule has 0 radical (unpaired) electrons. The van der Waals surface area contributed by atoms with Gasteiger partial charge in [0.15, 0.2) is 0 Å². The summed E-state index contributed by atoms with van der Waals surface area (Å²) in [5, 5.41) is 0. The molecule has 2 saturated carbocycles. The lowest BCUT2D eigenvalue weighted by molar-refractivity contribution is 0.709. The lowest BCUT2D eigenvalue weighted by atomic mass is 10.3. The number of hydrogen-bond acceptors (Lipinski definition) is 2. The minimum absolute atomic E-state index is 0.777. The van der Waals surface area contributed by atoms with Crippen molar-refractivity contribution in [3.8, 4) is 0 Å². The van der Waals surface area contributed by atoms with Crippen molar-refractivity contribution >= 4 is 21.7 Å². The van der Waals surface area contributed by atoms with Crippen molar-refractivity contribution in [1.82, 2.24) is 4.98 Å². The first-order valence-electron chi connectivity index (χ1n) is 5.71. The lowest BCUT2D eigenvalue weighted by Gasteiger charge is -2.23. The normalized spacial score (nSPS) is 20.3. The maximum Gasteiger partial charge on any atom is 0.128 e. The Morgan fingerprint density at radius 3 is 2.60 bits per heavy atom. The number of anilines is 1. The molecule has 2 nitrogen and oxygen atoms in total. The molecule has 3 heteroatoms. The summed E-state index contributed by atoms with van der Waals surface area (Å²) < 4.78 is 1.06. The SMILES string of the molecule is Brc1ccc(N(CC2CC2)C2CC2)nc1. The summed E-state index contributed by atoms with van der Waals surface area (Å²) >= 11 is 3.43. The number of nitrogens with zero attached hydrogens (tertiary/aromatic N) is 2. The second-order valence-electron chi connectivity index (χ2n) is 4.66. The van der Waals surface area contributed by atoms with E-state index >= 15 is 0 Å². The Morgan fingerprint density at radius 2 is 2.07 bits per heavy atom. The Kier molecular flexibility index (Phi) is 2.43. The van der Waals surface area contributed by atoms with E-state index in [-0.39, 0.29) is 0 Å². The van der Waals surface area contributed by atoms with Crippen LogP contribution >= 0.6 is 15.9 Å². The van der Waals surface area contributed by atoms with Crippen molar-refractivity contribution in [2.75, 3.05) is 11.4 Å². The largest absolute Gasteiger partial charge is 0.353 e. The van der Waals surface area contributed by atoms with Gasteiger partial charge in [-0.05, 0) is 59.7 Å². The van der Waals surface area contributed by atoms with E-state index in [1.807, 2.05) is 6.20 Å². The van der Waals surface area contributed by atoms with Gasteiger partial charge in [-0.2, -0.15) is 0 Å². The van der Waals surface area contributed by atoms with Gasteiger partial charge < -0.3 is 4.90 Å². The van der Waals surface area contributed by atoms with E-state index in [1.54, 1.807) is 0 Å². The van der Waals surface area contributed by atoms with Crippen LogP contribution in [0.2, 0.25) is 0 Å². The molecule has 0 N–H and O–H groups in total. The minimum Gasteiger partial charge on any atom is -0.353 e. The van der Waals surface area contributed by atoms with Gasteiger partial charge in [-0.15, -0.1) is 0 Å². The van der Waals surface area contributed by atoms with E-state index < -0.39 is 0 Å². The number of pyridine rings is 1. The summed E-state index contributed by atoms with van der Waals surface area (Å²) in [5.41, 5.74) is 0. The van der Waals surface area contributed by atoms with Crippen LogP contribution in [-0.2, 0) is 0 Å². The fourth-order valence-electron chi connectivity index (χ4n) is 1.93. The Morgan fingerprint density at radius 1 is 1.27 bits per heavy atom. The molecule has 0 spiro atoms. The highest BCUT2D eigenvalue weighted by atomic mass is 79.9. The molecule has 2 fully saturated rings. The first-order valence-corrected chi connectivity index (χ1v) is 6.50. The third kappa shape index (κ3) is 2.33. The molecule has 1 aromatic rings. The Bertz CT molecular complexity index is 341. The van der Waals surface area contributed by atoms with Gasteiger partial charge in [0.25, 0.3) is 0 Å². The van der Waals surface area contributed by atoms with Crippen molar-refractivity contribution < 1.29 is 0 Å². The summed E-state index contributed by atoms with van der Waals surface area (Å²) in [6.07, 6.45) is 7.44. The summed E-state index contributed by atoms with van der Waals surface area (Å²) in [5.74, 6) is 2.10. The Labute approximate surface area is 98.8 Å². The predicted octanol–water partition coefficient (Wildman–Crippen LogP) is 3.22. The molecule has 80 valence electrons. The fraction of sp³-hybridized carbons (Fsp3) is 0.583. The van der Waals surface area contributed by atoms with E-state index in [0.717, 1.165) is 22.3 Å². The van der Waals surface area contributed by atoms with Crippen LogP contribution in [-0.4, -0.2) is 17.6 Å². The zero-order valence-corrected chi connectivity index (χ0v) is 10.3. The summed E-state index contributed by atoms with van der Waals surface area (Å²) in [7, 11) is 0. The highest BCUT2D eigenvalue weighted by molar-refractivity contribution is 9.10. The monoisotopic (exact) mass is 266 g/mol. The molecule has 0 unspecified atom stereocenters. The predicted molar refractivity (Wildman–Crippen MR) is 65.0 cm³/mol. The van der Waals surface area contributed by atoms with Crippen LogP contribution in [0.25, 0.3) is 0 Å². The first-order chi connectivity index (χ1) is 7.33. The molecule has 0 aliphatic heterocycles. The van der Waals surface area contributed by atoms with Crippen molar-refractivity contribution in [1.29, 1.82) is 0 Å². The summed E-state index contributed by atoms with van der Waals surface area (Å²) in [4.78, 5) is 7.00. The van der Waals surface area contributed by atoms with Crippen LogP contribution in [0.4, 0.5) is 5.82 Å². The summed E-state index contributed by atoms with van der Waals surface area (Å²) in [6.45, 7) is 1.22. The van der Waals surface area contributed by atoms with Crippen LogP contribution in [0, 0.1) is 5.92 Å². The minimum atomic E-state index is 0.777. The molecule has 0 atom stereocenters. The highest BCUT2D eigenvalue weighted by Crippen LogP contribution is 2.37. The van der Waals surface area contributed by atoms with Crippen LogP contribution < -0.4 is 4.90 Å². The van der Waals surface area contributed by atoms with Crippen LogP contribution in [0.1, 0.15) is 25.7 Å². The molecule has 0 saturated heterocycles. The Balaban J connectivity index is 1.77. The molecule has 1 aromatic heterocycles. The molecule has 3 rings (SSSR count). The number of hydrogen-bond donors (Lipinski definition) is 0. The van der Waals surface area contributed by atoms with Crippen LogP contribution in [0.3, 0.4) is 0 Å². The molecule has 0 aromatic carbocycles. The van der Waals surface area contributed by atoms with E-state index in [1.165, 1.54) is 32.2 Å². The zero-order chi connectivity index (χ0) is 10.3. The van der Waals surface area contributed by atoms with Gasteiger partial charge >= 0.3 is 0 Å². The fourth-order valence-corrected chi connectivity index (χ4v) is 2.17. The van der Waals surface area contributed by atoms with Gasteiger partial charge in [-0.3, -0.25) is 0 Å². The molecule has 2 aliphatic rings. The van der Waals surface area contributed by atoms with Gasteiger partial charge in [0.1, 0.15) is 5.82 Å². The summed E-state index contributed by atoms with van der Waals surface area (Å²) in [6, 6.07) is 4.99. The molecular weight excluding hydrogens is 252 g/mol. The lowest BCUT2D eigenvalue weighted by Crippen LogP contribution is -2.28. The maximum atomic E-state index is 4.50. The zero-order valence-electron chi connectivity index (χ0n) is 8.69. The second kappa shape index (κ2) is 3.78. The average molecular weight is 267 g/mol. The number of halogens is 1. The molecule has 1 heterocycles. The van der Waals surface area contributed by atoms with E-state index in [0.29, 0.717) is 0 Å². The van der Waals surface area contributed by atoms with Crippen molar-refractivity contribution in [3.63, 3.8) is 0 Å². The Hall–Kier alpha value is -0.570. The number of rotatable bonds is 4. The standard InChI is InChI=1S/C12H15BrN2/c13-10-3-6-12(14-7-10)15(11-4-5-11)8-9-1-2-9/h3,6-7,9,11H,1-2,4-5,8H2. The van der Waals surface area contributed by atoms with Crippen molar-refractivity contribution in [3.05, 3.63) is 22.8 Å². The second-order valence-corrected chi connectivity index (χ2v) is 5.58. The molecule has 2 aliphatic carbocycles. The van der Waals surface area contributed by atoms with Gasteiger partial charge in [0, 0.05) is 23.3 Å². The number of aromatic nitrogens is 1. The quantitative estimate of drug-likeness (QED) is 0.832. The topological polar surface area (TPSA) is 16.1 Å². The molecule has 0 bridgehead atoms. The molecule has 15 heavy (non-hydrogen) atoms. The smallest absolute Gasteiger partial charge is 0.128 e. The van der Waals surface area contributed by atoms with E-state index in [2.05, 4.69) is 37.9 Å². The van der Waals surface area contributed by atoms with Crippen LogP contribution in [0.15, 0.2) is 22.8 Å². The van der Waals surface area contributed by atoms with Gasteiger partial charge in [-0.1, -0.05) is 0 Å². The average Bonchev–Trinajstić information content (AvgIpc) is 3.10. The molecule has 0 amide bonds. The maximum absolute atomic E-state index is 4.50. The third-order valence-corrected chi connectivity index (χ3v) is 3.61. The van der Waals surface area contributed by atoms with E-state index in [9.17, 15) is 0 Å². The molecular formula is C12H15BrN2. The van der Waals surface area contributed by atoms with Gasteiger partial charge in [0.2, 0.25) is 0 Å². The van der Waals surface area contributed by atoms with Gasteiger partial charge in [-0.25, -0.2) is 4.98 Å². The van der Waals surface area contributed by atoms with E-state index in [4.69, 9.17) is 0 Å². The van der Waals surface area contributed by atoms with Crippen molar-refractivity contribution in [2.24, 2.45) is 5.92 Å².